The molecular formula is C10H16N4O2S. The van der Waals surface area contributed by atoms with E-state index in [9.17, 15) is 8.42 Å². The second kappa shape index (κ2) is 4.97. The number of rotatable bonds is 4. The number of aromatic nitrogens is 2. The lowest BCUT2D eigenvalue weighted by Crippen LogP contribution is -2.38. The summed E-state index contributed by atoms with van der Waals surface area (Å²) in [4.78, 5) is 10.2. The van der Waals surface area contributed by atoms with Crippen molar-refractivity contribution in [3.63, 3.8) is 0 Å². The summed E-state index contributed by atoms with van der Waals surface area (Å²) in [5, 5.41) is 0. The molecule has 1 aromatic heterocycles. The number of hydrogen-bond donors (Lipinski definition) is 1. The van der Waals surface area contributed by atoms with Crippen LogP contribution in [0.25, 0.3) is 0 Å². The summed E-state index contributed by atoms with van der Waals surface area (Å²) in [6, 6.07) is -0.0100. The zero-order valence-corrected chi connectivity index (χ0v) is 10.5. The fourth-order valence-electron chi connectivity index (χ4n) is 2.09. The third kappa shape index (κ3) is 2.92. The highest BCUT2D eigenvalue weighted by Gasteiger charge is 2.29. The van der Waals surface area contributed by atoms with Gasteiger partial charge in [-0.3, -0.25) is 4.98 Å². The van der Waals surface area contributed by atoms with Crippen LogP contribution in [0.1, 0.15) is 12.8 Å². The third-order valence-corrected chi connectivity index (χ3v) is 4.39. The summed E-state index contributed by atoms with van der Waals surface area (Å²) in [6.45, 7) is 0.836. The van der Waals surface area contributed by atoms with Crippen LogP contribution in [0.3, 0.4) is 0 Å². The van der Waals surface area contributed by atoms with Gasteiger partial charge in [0.2, 0.25) is 10.0 Å². The van der Waals surface area contributed by atoms with Crippen molar-refractivity contribution in [1.82, 2.24) is 14.7 Å². The van der Waals surface area contributed by atoms with Gasteiger partial charge in [-0.25, -0.2) is 18.1 Å². The van der Waals surface area contributed by atoms with Crippen LogP contribution in [0.4, 0.5) is 5.82 Å². The fraction of sp³-hybridized carbons (Fsp3) is 0.600. The molecule has 0 bridgehead atoms. The van der Waals surface area contributed by atoms with Crippen molar-refractivity contribution in [3.05, 3.63) is 18.6 Å². The number of anilines is 1. The summed E-state index contributed by atoms with van der Waals surface area (Å²) in [7, 11) is -1.74. The Labute approximate surface area is 101 Å². The first kappa shape index (κ1) is 12.3. The van der Waals surface area contributed by atoms with Gasteiger partial charge in [-0.1, -0.05) is 0 Å². The van der Waals surface area contributed by atoms with E-state index >= 15 is 0 Å². The smallest absolute Gasteiger partial charge is 0.213 e. The molecule has 2 rings (SSSR count). The highest BCUT2D eigenvalue weighted by molar-refractivity contribution is 7.89. The SMILES string of the molecule is CNS(=O)(=O)CC1CCCN1c1cnccn1. The summed E-state index contributed by atoms with van der Waals surface area (Å²) >= 11 is 0. The van der Waals surface area contributed by atoms with E-state index in [1.165, 1.54) is 7.05 Å². The molecule has 1 unspecified atom stereocenters. The van der Waals surface area contributed by atoms with Gasteiger partial charge in [-0.15, -0.1) is 0 Å². The Balaban J connectivity index is 2.13. The largest absolute Gasteiger partial charge is 0.351 e. The van der Waals surface area contributed by atoms with Gasteiger partial charge in [0.15, 0.2) is 0 Å². The van der Waals surface area contributed by atoms with Crippen LogP contribution in [0.5, 0.6) is 0 Å². The van der Waals surface area contributed by atoms with Crippen LogP contribution < -0.4 is 9.62 Å². The lowest BCUT2D eigenvalue weighted by Gasteiger charge is -2.24. The molecule has 0 amide bonds. The Kier molecular flexibility index (Phi) is 3.58. The minimum absolute atomic E-state index is 0.0100. The molecule has 1 fully saturated rings. The van der Waals surface area contributed by atoms with Crippen LogP contribution in [0.15, 0.2) is 18.6 Å². The van der Waals surface area contributed by atoms with Crippen molar-refractivity contribution in [2.45, 2.75) is 18.9 Å². The number of nitrogens with zero attached hydrogens (tertiary/aromatic N) is 3. The number of sulfonamides is 1. The Hall–Kier alpha value is -1.21. The molecule has 2 heterocycles. The molecule has 0 spiro atoms. The highest BCUT2D eigenvalue weighted by Crippen LogP contribution is 2.23. The second-order valence-corrected chi connectivity index (χ2v) is 6.01. The van der Waals surface area contributed by atoms with E-state index in [0.717, 1.165) is 25.2 Å². The van der Waals surface area contributed by atoms with E-state index in [4.69, 9.17) is 0 Å². The minimum atomic E-state index is -3.18. The first-order valence-corrected chi connectivity index (χ1v) is 7.21. The monoisotopic (exact) mass is 256 g/mol. The molecule has 6 nitrogen and oxygen atoms in total. The quantitative estimate of drug-likeness (QED) is 0.820. The molecule has 1 aromatic rings. The molecule has 1 N–H and O–H groups in total. The molecule has 1 aliphatic heterocycles. The van der Waals surface area contributed by atoms with Crippen LogP contribution in [0, 0.1) is 0 Å². The fourth-order valence-corrected chi connectivity index (χ4v) is 3.11. The predicted molar refractivity (Wildman–Crippen MR) is 65.2 cm³/mol. The summed E-state index contributed by atoms with van der Waals surface area (Å²) in [6.07, 6.45) is 6.76. The maximum absolute atomic E-state index is 11.6. The molecule has 7 heteroatoms. The molecule has 1 aliphatic rings. The summed E-state index contributed by atoms with van der Waals surface area (Å²) in [5.41, 5.74) is 0. The van der Waals surface area contributed by atoms with Crippen molar-refractivity contribution in [2.75, 3.05) is 24.2 Å². The van der Waals surface area contributed by atoms with E-state index < -0.39 is 10.0 Å². The maximum Gasteiger partial charge on any atom is 0.213 e. The van der Waals surface area contributed by atoms with Crippen molar-refractivity contribution in [3.8, 4) is 0 Å². The maximum atomic E-state index is 11.6. The van der Waals surface area contributed by atoms with E-state index in [1.54, 1.807) is 18.6 Å². The first-order chi connectivity index (χ1) is 8.12. The van der Waals surface area contributed by atoms with Crippen LogP contribution >= 0.6 is 0 Å². The molecule has 0 aliphatic carbocycles. The molecule has 1 saturated heterocycles. The minimum Gasteiger partial charge on any atom is -0.351 e. The Morgan fingerprint density at radius 3 is 3.00 bits per heavy atom. The molecule has 17 heavy (non-hydrogen) atoms. The van der Waals surface area contributed by atoms with Gasteiger partial charge in [0.1, 0.15) is 5.82 Å². The lowest BCUT2D eigenvalue weighted by molar-refractivity contribution is 0.577. The van der Waals surface area contributed by atoms with E-state index in [2.05, 4.69) is 14.7 Å². The average Bonchev–Trinajstić information content (AvgIpc) is 2.77. The van der Waals surface area contributed by atoms with Crippen molar-refractivity contribution in [1.29, 1.82) is 0 Å². The van der Waals surface area contributed by atoms with Gasteiger partial charge < -0.3 is 4.90 Å². The van der Waals surface area contributed by atoms with E-state index in [0.29, 0.717) is 0 Å². The molecule has 94 valence electrons. The zero-order valence-electron chi connectivity index (χ0n) is 9.70. The zero-order chi connectivity index (χ0) is 12.3. The molecule has 0 aromatic carbocycles. The van der Waals surface area contributed by atoms with Gasteiger partial charge in [-0.05, 0) is 19.9 Å². The Morgan fingerprint density at radius 2 is 2.35 bits per heavy atom. The Morgan fingerprint density at radius 1 is 1.53 bits per heavy atom. The molecule has 1 atom stereocenters. The molecular weight excluding hydrogens is 240 g/mol. The van der Waals surface area contributed by atoms with Gasteiger partial charge >= 0.3 is 0 Å². The van der Waals surface area contributed by atoms with Crippen molar-refractivity contribution in [2.24, 2.45) is 0 Å². The van der Waals surface area contributed by atoms with Crippen LogP contribution in [0.2, 0.25) is 0 Å². The highest BCUT2D eigenvalue weighted by atomic mass is 32.2. The first-order valence-electron chi connectivity index (χ1n) is 5.56. The van der Waals surface area contributed by atoms with Crippen LogP contribution in [-0.2, 0) is 10.0 Å². The van der Waals surface area contributed by atoms with E-state index in [-0.39, 0.29) is 11.8 Å². The second-order valence-electron chi connectivity index (χ2n) is 4.04. The van der Waals surface area contributed by atoms with Crippen LogP contribution in [-0.4, -0.2) is 43.8 Å². The lowest BCUT2D eigenvalue weighted by atomic mass is 10.2. The van der Waals surface area contributed by atoms with Crippen molar-refractivity contribution >= 4 is 15.8 Å². The standard InChI is InChI=1S/C10H16N4O2S/c1-11-17(15,16)8-9-3-2-6-14(9)10-7-12-4-5-13-10/h4-5,7,9,11H,2-3,6,8H2,1H3. The number of nitrogens with one attached hydrogen (secondary N) is 1. The summed E-state index contributed by atoms with van der Waals surface area (Å²) < 4.78 is 25.5. The molecule has 0 radical (unpaired) electrons. The van der Waals surface area contributed by atoms with Gasteiger partial charge in [0, 0.05) is 25.0 Å². The summed E-state index contributed by atoms with van der Waals surface area (Å²) in [5.74, 6) is 0.862. The van der Waals surface area contributed by atoms with E-state index in [1.807, 2.05) is 4.90 Å². The number of hydrogen-bond acceptors (Lipinski definition) is 5. The predicted octanol–water partition coefficient (Wildman–Crippen LogP) is -0.00540. The van der Waals surface area contributed by atoms with Gasteiger partial charge in [0.05, 0.1) is 11.9 Å². The molecule has 0 saturated carbocycles. The third-order valence-electron chi connectivity index (χ3n) is 2.94. The average molecular weight is 256 g/mol. The topological polar surface area (TPSA) is 75.2 Å². The van der Waals surface area contributed by atoms with Gasteiger partial charge in [0.25, 0.3) is 0 Å². The van der Waals surface area contributed by atoms with Gasteiger partial charge in [-0.2, -0.15) is 0 Å². The Bertz CT molecular complexity index is 462. The normalized spacial score (nSPS) is 20.8. The van der Waals surface area contributed by atoms with Crippen molar-refractivity contribution < 1.29 is 8.42 Å².